The summed E-state index contributed by atoms with van der Waals surface area (Å²) in [4.78, 5) is 0. The summed E-state index contributed by atoms with van der Waals surface area (Å²) < 4.78 is 9.69. The second-order valence-electron chi connectivity index (χ2n) is 6.06. The normalized spacial score (nSPS) is 11.5. The minimum Gasteiger partial charge on any atom is -0.492 e. The van der Waals surface area contributed by atoms with Gasteiger partial charge in [0.05, 0.1) is 12.8 Å². The van der Waals surface area contributed by atoms with Crippen molar-refractivity contribution < 1.29 is 4.74 Å². The molecule has 2 aromatic heterocycles. The minimum absolute atomic E-state index is 0.559. The molecule has 0 bridgehead atoms. The molecule has 0 atom stereocenters. The quantitative estimate of drug-likeness (QED) is 0.473. The van der Waals surface area contributed by atoms with E-state index < -0.39 is 0 Å². The van der Waals surface area contributed by atoms with Crippen molar-refractivity contribution in [2.45, 2.75) is 13.5 Å². The van der Waals surface area contributed by atoms with Gasteiger partial charge in [0.15, 0.2) is 0 Å². The van der Waals surface area contributed by atoms with E-state index in [1.165, 1.54) is 0 Å². The van der Waals surface area contributed by atoms with Gasteiger partial charge in [0.2, 0.25) is 0 Å². The van der Waals surface area contributed by atoms with Gasteiger partial charge in [0, 0.05) is 27.2 Å². The van der Waals surface area contributed by atoms with Crippen LogP contribution in [-0.2, 0) is 6.54 Å². The van der Waals surface area contributed by atoms with Crippen molar-refractivity contribution in [1.29, 1.82) is 0 Å². The van der Waals surface area contributed by atoms with Crippen molar-refractivity contribution in [3.8, 4) is 5.75 Å². The van der Waals surface area contributed by atoms with Gasteiger partial charge in [0.25, 0.3) is 0 Å². The van der Waals surface area contributed by atoms with E-state index in [-0.39, 0.29) is 0 Å². The Morgan fingerprint density at radius 1 is 1.07 bits per heavy atom. The molecule has 2 aromatic carbocycles. The molecule has 0 spiro atoms. The van der Waals surface area contributed by atoms with Gasteiger partial charge in [-0.25, -0.2) is 4.68 Å². The molecule has 6 nitrogen and oxygen atoms in total. The molecule has 0 aliphatic heterocycles. The molecule has 27 heavy (non-hydrogen) atoms. The lowest BCUT2D eigenvalue weighted by molar-refractivity contribution is 0.299. The molecule has 0 aliphatic rings. The number of hydrogen-bond acceptors (Lipinski definition) is 4. The maximum atomic E-state index is 5.92. The minimum atomic E-state index is 0.559. The molecule has 0 fully saturated rings. The highest BCUT2D eigenvalue weighted by atomic mass is 35.5. The van der Waals surface area contributed by atoms with E-state index >= 15 is 0 Å². The van der Waals surface area contributed by atoms with Crippen LogP contribution in [0.3, 0.4) is 0 Å². The van der Waals surface area contributed by atoms with Crippen molar-refractivity contribution in [1.82, 2.24) is 19.4 Å². The van der Waals surface area contributed by atoms with Gasteiger partial charge in [-0.2, -0.15) is 5.10 Å². The first-order valence-corrected chi connectivity index (χ1v) is 8.95. The van der Waals surface area contributed by atoms with Crippen molar-refractivity contribution in [2.75, 3.05) is 6.61 Å². The molecule has 0 saturated carbocycles. The Labute approximate surface area is 161 Å². The van der Waals surface area contributed by atoms with Crippen LogP contribution >= 0.6 is 11.6 Å². The highest BCUT2D eigenvalue weighted by molar-refractivity contribution is 6.30. The van der Waals surface area contributed by atoms with E-state index in [0.29, 0.717) is 11.6 Å². The highest BCUT2D eigenvalue weighted by Crippen LogP contribution is 2.25. The monoisotopic (exact) mass is 379 g/mol. The van der Waals surface area contributed by atoms with E-state index in [2.05, 4.69) is 38.9 Å². The van der Waals surface area contributed by atoms with E-state index in [4.69, 9.17) is 16.3 Å². The van der Waals surface area contributed by atoms with Crippen molar-refractivity contribution >= 4 is 28.7 Å². The fraction of sp³-hybridized carbons (Fsp3) is 0.150. The first kappa shape index (κ1) is 17.3. The molecular formula is C20H18ClN5O. The third-order valence-electron chi connectivity index (χ3n) is 4.40. The van der Waals surface area contributed by atoms with Gasteiger partial charge in [-0.1, -0.05) is 29.8 Å². The van der Waals surface area contributed by atoms with E-state index in [0.717, 1.165) is 34.5 Å². The molecule has 4 aromatic rings. The van der Waals surface area contributed by atoms with Crippen molar-refractivity contribution in [2.24, 2.45) is 5.10 Å². The highest BCUT2D eigenvalue weighted by Gasteiger charge is 2.12. The Morgan fingerprint density at radius 3 is 2.59 bits per heavy atom. The van der Waals surface area contributed by atoms with Crippen molar-refractivity contribution in [3.05, 3.63) is 77.5 Å². The molecular weight excluding hydrogens is 362 g/mol. The number of benzene rings is 2. The zero-order chi connectivity index (χ0) is 18.6. The van der Waals surface area contributed by atoms with Crippen LogP contribution in [0.15, 0.2) is 66.3 Å². The standard InChI is InChI=1S/C20H18ClN5O/c1-15-19(12-24-25-13-22-23-14-25)18-4-2-3-5-20(18)26(15)10-11-27-17-8-6-16(21)7-9-17/h2-9,12-14H,10-11H2,1H3. The number of fused-ring (bicyclic) bond motifs is 1. The lowest BCUT2D eigenvalue weighted by atomic mass is 10.1. The van der Waals surface area contributed by atoms with Crippen LogP contribution in [0.4, 0.5) is 0 Å². The Morgan fingerprint density at radius 2 is 1.81 bits per heavy atom. The summed E-state index contributed by atoms with van der Waals surface area (Å²) in [5, 5.41) is 13.8. The Balaban J connectivity index is 1.58. The summed E-state index contributed by atoms with van der Waals surface area (Å²) in [6.07, 6.45) is 4.97. The van der Waals surface area contributed by atoms with Gasteiger partial charge >= 0.3 is 0 Å². The topological polar surface area (TPSA) is 57.2 Å². The number of ether oxygens (including phenoxy) is 1. The first-order valence-electron chi connectivity index (χ1n) is 8.57. The molecule has 0 N–H and O–H groups in total. The molecule has 136 valence electrons. The molecule has 2 heterocycles. The maximum Gasteiger partial charge on any atom is 0.141 e. The smallest absolute Gasteiger partial charge is 0.141 e. The predicted molar refractivity (Wildman–Crippen MR) is 107 cm³/mol. The maximum absolute atomic E-state index is 5.92. The number of halogens is 1. The molecule has 0 saturated heterocycles. The summed E-state index contributed by atoms with van der Waals surface area (Å²) in [5.41, 5.74) is 3.36. The Kier molecular flexibility index (Phi) is 4.89. The third-order valence-corrected chi connectivity index (χ3v) is 4.66. The summed E-state index contributed by atoms with van der Waals surface area (Å²) in [5.74, 6) is 0.808. The van der Waals surface area contributed by atoms with Gasteiger partial charge in [-0.05, 0) is 37.3 Å². The molecule has 4 rings (SSSR count). The number of nitrogens with zero attached hydrogens (tertiary/aromatic N) is 5. The lowest BCUT2D eigenvalue weighted by Crippen LogP contribution is -2.09. The average Bonchev–Trinajstić information content (AvgIpc) is 3.29. The number of aromatic nitrogens is 4. The fourth-order valence-electron chi connectivity index (χ4n) is 3.07. The molecule has 0 aliphatic carbocycles. The van der Waals surface area contributed by atoms with E-state index in [1.54, 1.807) is 17.3 Å². The Hall–Kier alpha value is -3.12. The summed E-state index contributed by atoms with van der Waals surface area (Å²) in [6.45, 7) is 3.38. The SMILES string of the molecule is Cc1c(C=Nn2cnnc2)c2ccccc2n1CCOc1ccc(Cl)cc1. The van der Waals surface area contributed by atoms with Crippen LogP contribution in [-0.4, -0.2) is 32.3 Å². The first-order chi connectivity index (χ1) is 13.2. The average molecular weight is 380 g/mol. The fourth-order valence-corrected chi connectivity index (χ4v) is 3.20. The van der Waals surface area contributed by atoms with Gasteiger partial charge in [-0.3, -0.25) is 0 Å². The molecule has 7 heteroatoms. The zero-order valence-electron chi connectivity index (χ0n) is 14.8. The molecule has 0 radical (unpaired) electrons. The Bertz CT molecular complexity index is 1070. The molecule has 0 amide bonds. The van der Waals surface area contributed by atoms with Gasteiger partial charge in [-0.15, -0.1) is 10.2 Å². The largest absolute Gasteiger partial charge is 0.492 e. The number of para-hydroxylation sites is 1. The third kappa shape index (κ3) is 3.71. The van der Waals surface area contributed by atoms with Crippen LogP contribution in [0.25, 0.3) is 10.9 Å². The molecule has 0 unspecified atom stereocenters. The van der Waals surface area contributed by atoms with E-state index in [9.17, 15) is 0 Å². The van der Waals surface area contributed by atoms with Gasteiger partial charge < -0.3 is 9.30 Å². The van der Waals surface area contributed by atoms with E-state index in [1.807, 2.05) is 42.6 Å². The second-order valence-corrected chi connectivity index (χ2v) is 6.49. The predicted octanol–water partition coefficient (Wildman–Crippen LogP) is 4.16. The summed E-state index contributed by atoms with van der Waals surface area (Å²) >= 11 is 5.92. The van der Waals surface area contributed by atoms with Crippen LogP contribution < -0.4 is 4.74 Å². The number of hydrogen-bond donors (Lipinski definition) is 0. The van der Waals surface area contributed by atoms with Crippen molar-refractivity contribution in [3.63, 3.8) is 0 Å². The number of rotatable bonds is 6. The second kappa shape index (κ2) is 7.63. The van der Waals surface area contributed by atoms with Crippen LogP contribution in [0, 0.1) is 6.92 Å². The van der Waals surface area contributed by atoms with Crippen LogP contribution in [0.2, 0.25) is 5.02 Å². The van der Waals surface area contributed by atoms with Gasteiger partial charge in [0.1, 0.15) is 25.0 Å². The lowest BCUT2D eigenvalue weighted by Gasteiger charge is -2.10. The van der Waals surface area contributed by atoms with Crippen LogP contribution in [0.1, 0.15) is 11.3 Å². The summed E-state index contributed by atoms with van der Waals surface area (Å²) in [6, 6.07) is 15.7. The van der Waals surface area contributed by atoms with Crippen LogP contribution in [0.5, 0.6) is 5.75 Å². The zero-order valence-corrected chi connectivity index (χ0v) is 15.5. The summed E-state index contributed by atoms with van der Waals surface area (Å²) in [7, 11) is 0.